The van der Waals surface area contributed by atoms with Crippen molar-refractivity contribution in [2.45, 2.75) is 29.1 Å². The van der Waals surface area contributed by atoms with E-state index >= 15 is 0 Å². The van der Waals surface area contributed by atoms with Crippen LogP contribution in [-0.4, -0.2) is 15.0 Å². The zero-order valence-corrected chi connectivity index (χ0v) is 26.5. The van der Waals surface area contributed by atoms with Crippen LogP contribution < -0.4 is 0 Å². The highest BCUT2D eigenvalue weighted by Gasteiger charge is 2.32. The van der Waals surface area contributed by atoms with Gasteiger partial charge in [0.05, 0.1) is 0 Å². The van der Waals surface area contributed by atoms with E-state index in [1.165, 1.54) is 32.0 Å². The van der Waals surface area contributed by atoms with Gasteiger partial charge in [-0.3, -0.25) is 0 Å². The van der Waals surface area contributed by atoms with E-state index in [9.17, 15) is 0 Å². The lowest BCUT2D eigenvalue weighted by Gasteiger charge is -2.34. The topological polar surface area (TPSA) is 38.7 Å². The van der Waals surface area contributed by atoms with Crippen LogP contribution in [0.2, 0.25) is 0 Å². The molecule has 0 unspecified atom stereocenters. The first-order chi connectivity index (χ1) is 22.5. The summed E-state index contributed by atoms with van der Waals surface area (Å²) in [6, 6.07) is 53.2. The van der Waals surface area contributed by atoms with Crippen molar-refractivity contribution in [2.24, 2.45) is 0 Å². The van der Waals surface area contributed by atoms with Crippen LogP contribution in [0.25, 0.3) is 56.4 Å². The molecule has 1 aliphatic rings. The molecule has 0 radical (unpaired) electrons. The molecule has 1 aromatic heterocycles. The summed E-state index contributed by atoms with van der Waals surface area (Å²) in [7, 11) is 0. The van der Waals surface area contributed by atoms with Crippen LogP contribution in [0, 0.1) is 0 Å². The molecule has 8 rings (SSSR count). The summed E-state index contributed by atoms with van der Waals surface area (Å²) in [5.74, 6) is 1.97. The smallest absolute Gasteiger partial charge is 0.164 e. The average molecular weight is 610 g/mol. The molecular formula is C42H31N3S. The third-order valence-electron chi connectivity index (χ3n) is 8.78. The summed E-state index contributed by atoms with van der Waals surface area (Å²) in [5.41, 5.74) is 10.3. The predicted octanol–water partition coefficient (Wildman–Crippen LogP) is 11.0. The van der Waals surface area contributed by atoms with Crippen LogP contribution in [0.4, 0.5) is 0 Å². The number of rotatable bonds is 5. The monoisotopic (exact) mass is 609 g/mol. The van der Waals surface area contributed by atoms with Gasteiger partial charge in [0.2, 0.25) is 0 Å². The molecule has 0 atom stereocenters. The van der Waals surface area contributed by atoms with Gasteiger partial charge in [-0.2, -0.15) is 0 Å². The molecule has 0 N–H and O–H groups in total. The van der Waals surface area contributed by atoms with Crippen LogP contribution >= 0.6 is 11.8 Å². The van der Waals surface area contributed by atoms with E-state index in [0.717, 1.165) is 27.8 Å². The van der Waals surface area contributed by atoms with Crippen molar-refractivity contribution >= 4 is 11.8 Å². The zero-order chi connectivity index (χ0) is 31.1. The SMILES string of the molecule is CC1(C)c2ccccc2Sc2cc(-c3cccc(-c4cccc(-c5nc(-c6ccccc6)nc(-c6ccccc6)n5)c4)c3)ccc21. The average Bonchev–Trinajstić information content (AvgIpc) is 3.12. The Morgan fingerprint density at radius 2 is 0.804 bits per heavy atom. The van der Waals surface area contributed by atoms with Crippen LogP contribution in [0.1, 0.15) is 25.0 Å². The Kier molecular flexibility index (Phi) is 7.08. The van der Waals surface area contributed by atoms with Gasteiger partial charge in [0, 0.05) is 31.9 Å². The molecular weight excluding hydrogens is 579 g/mol. The second kappa shape index (κ2) is 11.6. The molecule has 0 saturated heterocycles. The van der Waals surface area contributed by atoms with Crippen LogP contribution in [-0.2, 0) is 5.41 Å². The van der Waals surface area contributed by atoms with Crippen LogP contribution in [0.3, 0.4) is 0 Å². The van der Waals surface area contributed by atoms with E-state index in [1.54, 1.807) is 0 Å². The largest absolute Gasteiger partial charge is 0.208 e. The van der Waals surface area contributed by atoms with Gasteiger partial charge >= 0.3 is 0 Å². The maximum atomic E-state index is 4.94. The quantitative estimate of drug-likeness (QED) is 0.195. The Bertz CT molecular complexity index is 2150. The van der Waals surface area contributed by atoms with Crippen molar-refractivity contribution in [2.75, 3.05) is 0 Å². The molecule has 0 amide bonds. The fourth-order valence-corrected chi connectivity index (χ4v) is 7.73. The minimum atomic E-state index is -0.0340. The first kappa shape index (κ1) is 28.2. The predicted molar refractivity (Wildman–Crippen MR) is 190 cm³/mol. The molecule has 2 heterocycles. The first-order valence-electron chi connectivity index (χ1n) is 15.5. The molecule has 0 saturated carbocycles. The molecule has 4 heteroatoms. The minimum absolute atomic E-state index is 0.0340. The van der Waals surface area contributed by atoms with Gasteiger partial charge in [-0.05, 0) is 57.6 Å². The number of aromatic nitrogens is 3. The van der Waals surface area contributed by atoms with Crippen molar-refractivity contribution in [3.05, 3.63) is 163 Å². The van der Waals surface area contributed by atoms with Crippen LogP contribution in [0.15, 0.2) is 161 Å². The summed E-state index contributed by atoms with van der Waals surface area (Å²) in [4.78, 5) is 17.4. The second-order valence-electron chi connectivity index (χ2n) is 12.1. The molecule has 0 spiro atoms. The van der Waals surface area contributed by atoms with Gasteiger partial charge in [0.25, 0.3) is 0 Å². The maximum absolute atomic E-state index is 4.94. The third kappa shape index (κ3) is 5.21. The number of nitrogens with zero attached hydrogens (tertiary/aromatic N) is 3. The number of hydrogen-bond donors (Lipinski definition) is 0. The van der Waals surface area contributed by atoms with Crippen LogP contribution in [0.5, 0.6) is 0 Å². The lowest BCUT2D eigenvalue weighted by atomic mass is 9.77. The Morgan fingerprint density at radius 3 is 1.41 bits per heavy atom. The summed E-state index contributed by atoms with van der Waals surface area (Å²) in [5, 5.41) is 0. The molecule has 46 heavy (non-hydrogen) atoms. The number of fused-ring (bicyclic) bond motifs is 2. The van der Waals surface area contributed by atoms with Crippen molar-refractivity contribution in [1.29, 1.82) is 0 Å². The standard InChI is InChI=1S/C42H31N3S/c1-42(2)35-21-9-10-22-37(35)46-38-27-33(23-24-36(38)42)31-18-11-17-30(25-31)32-19-12-20-34(26-32)41-44-39(28-13-5-3-6-14-28)43-40(45-41)29-15-7-4-8-16-29/h3-27H,1-2H3. The van der Waals surface area contributed by atoms with Gasteiger partial charge in [-0.25, -0.2) is 15.0 Å². The van der Waals surface area contributed by atoms with E-state index in [1.807, 2.05) is 72.4 Å². The lowest BCUT2D eigenvalue weighted by Crippen LogP contribution is -2.23. The van der Waals surface area contributed by atoms with E-state index in [0.29, 0.717) is 17.5 Å². The van der Waals surface area contributed by atoms with Crippen molar-refractivity contribution in [1.82, 2.24) is 15.0 Å². The highest BCUT2D eigenvalue weighted by molar-refractivity contribution is 7.99. The van der Waals surface area contributed by atoms with E-state index in [2.05, 4.69) is 105 Å². The maximum Gasteiger partial charge on any atom is 0.164 e. The highest BCUT2D eigenvalue weighted by Crippen LogP contribution is 2.49. The Balaban J connectivity index is 1.16. The fourth-order valence-electron chi connectivity index (χ4n) is 6.29. The third-order valence-corrected chi connectivity index (χ3v) is 9.92. The first-order valence-corrected chi connectivity index (χ1v) is 16.3. The van der Waals surface area contributed by atoms with Gasteiger partial charge < -0.3 is 0 Å². The summed E-state index contributed by atoms with van der Waals surface area (Å²) in [6.45, 7) is 4.66. The molecule has 0 fully saturated rings. The normalized spacial score (nSPS) is 13.1. The summed E-state index contributed by atoms with van der Waals surface area (Å²) < 4.78 is 0. The van der Waals surface area contributed by atoms with Crippen molar-refractivity contribution < 1.29 is 0 Å². The number of benzene rings is 6. The Morgan fingerprint density at radius 1 is 0.370 bits per heavy atom. The Labute approximate surface area is 274 Å². The molecule has 0 bridgehead atoms. The molecule has 220 valence electrons. The molecule has 7 aromatic rings. The van der Waals surface area contributed by atoms with Gasteiger partial charge in [-0.1, -0.05) is 153 Å². The molecule has 6 aromatic carbocycles. The van der Waals surface area contributed by atoms with Gasteiger partial charge in [0.15, 0.2) is 17.5 Å². The van der Waals surface area contributed by atoms with Crippen molar-refractivity contribution in [3.63, 3.8) is 0 Å². The lowest BCUT2D eigenvalue weighted by molar-refractivity contribution is 0.607. The minimum Gasteiger partial charge on any atom is -0.208 e. The van der Waals surface area contributed by atoms with Gasteiger partial charge in [-0.15, -0.1) is 0 Å². The van der Waals surface area contributed by atoms with E-state index < -0.39 is 0 Å². The zero-order valence-electron chi connectivity index (χ0n) is 25.7. The molecule has 1 aliphatic heterocycles. The molecule has 3 nitrogen and oxygen atoms in total. The van der Waals surface area contributed by atoms with Gasteiger partial charge in [0.1, 0.15) is 0 Å². The highest BCUT2D eigenvalue weighted by atomic mass is 32.2. The fraction of sp³-hybridized carbons (Fsp3) is 0.0714. The molecule has 0 aliphatic carbocycles. The number of hydrogen-bond acceptors (Lipinski definition) is 4. The Hall–Kier alpha value is -5.32. The summed E-state index contributed by atoms with van der Waals surface area (Å²) >= 11 is 1.87. The van der Waals surface area contributed by atoms with E-state index in [4.69, 9.17) is 15.0 Å². The van der Waals surface area contributed by atoms with Crippen molar-refractivity contribution in [3.8, 4) is 56.4 Å². The summed E-state index contributed by atoms with van der Waals surface area (Å²) in [6.07, 6.45) is 0. The van der Waals surface area contributed by atoms with E-state index in [-0.39, 0.29) is 5.41 Å². The second-order valence-corrected chi connectivity index (χ2v) is 13.2.